The van der Waals surface area contributed by atoms with E-state index in [2.05, 4.69) is 18.0 Å². The lowest BCUT2D eigenvalue weighted by Crippen LogP contribution is -2.25. The van der Waals surface area contributed by atoms with Crippen molar-refractivity contribution in [3.05, 3.63) is 40.4 Å². The van der Waals surface area contributed by atoms with E-state index in [1.807, 2.05) is 18.2 Å². The Morgan fingerprint density at radius 1 is 1.39 bits per heavy atom. The molecule has 0 N–H and O–H groups in total. The lowest BCUT2D eigenvalue weighted by molar-refractivity contribution is 0.585. The number of hydrogen-bond donors (Lipinski definition) is 0. The molecule has 2 rings (SSSR count). The fourth-order valence-corrected chi connectivity index (χ4v) is 1.97. The Morgan fingerprint density at radius 2 is 2.17 bits per heavy atom. The second-order valence-corrected chi connectivity index (χ2v) is 4.19. The van der Waals surface area contributed by atoms with Crippen molar-refractivity contribution in [1.29, 1.82) is 5.26 Å². The van der Waals surface area contributed by atoms with Crippen molar-refractivity contribution in [2.45, 2.75) is 32.7 Å². The zero-order valence-corrected chi connectivity index (χ0v) is 10.4. The van der Waals surface area contributed by atoms with Crippen LogP contribution in [-0.4, -0.2) is 9.55 Å². The van der Waals surface area contributed by atoms with Gasteiger partial charge in [-0.1, -0.05) is 25.5 Å². The van der Waals surface area contributed by atoms with E-state index in [-0.39, 0.29) is 12.0 Å². The molecule has 4 nitrogen and oxygen atoms in total. The number of para-hydroxylation sites is 1. The minimum Gasteiger partial charge on any atom is -0.295 e. The molecule has 1 heterocycles. The summed E-state index contributed by atoms with van der Waals surface area (Å²) in [5, 5.41) is 9.45. The number of nitriles is 1. The molecule has 0 amide bonds. The standard InChI is InChI=1S/C14H15N3O/c1-2-3-10-17-13(8-9-15)16-12-7-5-4-6-11(12)14(17)18/h4-7H,2-3,8,10H2,1H3. The van der Waals surface area contributed by atoms with Gasteiger partial charge in [-0.05, 0) is 18.6 Å². The van der Waals surface area contributed by atoms with Crippen LogP contribution in [-0.2, 0) is 13.0 Å². The molecule has 0 unspecified atom stereocenters. The van der Waals surface area contributed by atoms with E-state index in [0.717, 1.165) is 12.8 Å². The molecule has 0 aliphatic heterocycles. The van der Waals surface area contributed by atoms with E-state index >= 15 is 0 Å². The maximum absolute atomic E-state index is 12.3. The van der Waals surface area contributed by atoms with Crippen LogP contribution in [0, 0.1) is 11.3 Å². The minimum atomic E-state index is -0.0423. The number of aromatic nitrogens is 2. The second kappa shape index (κ2) is 5.46. The van der Waals surface area contributed by atoms with Crippen LogP contribution >= 0.6 is 0 Å². The Hall–Kier alpha value is -2.15. The summed E-state index contributed by atoms with van der Waals surface area (Å²) in [5.74, 6) is 0.564. The molecule has 0 saturated heterocycles. The van der Waals surface area contributed by atoms with Crippen molar-refractivity contribution in [2.24, 2.45) is 0 Å². The summed E-state index contributed by atoms with van der Waals surface area (Å²) in [6.07, 6.45) is 2.09. The first kappa shape index (κ1) is 12.3. The van der Waals surface area contributed by atoms with Gasteiger partial charge in [0.15, 0.2) is 0 Å². The van der Waals surface area contributed by atoms with Gasteiger partial charge in [-0.3, -0.25) is 9.36 Å². The molecule has 0 radical (unpaired) electrons. The predicted molar refractivity (Wildman–Crippen MR) is 70.2 cm³/mol. The van der Waals surface area contributed by atoms with E-state index in [1.165, 1.54) is 0 Å². The Labute approximate surface area is 106 Å². The summed E-state index contributed by atoms with van der Waals surface area (Å²) in [6.45, 7) is 2.70. The molecule has 1 aromatic heterocycles. The van der Waals surface area contributed by atoms with Crippen molar-refractivity contribution < 1.29 is 0 Å². The number of unbranched alkanes of at least 4 members (excludes halogenated alkanes) is 1. The third-order valence-corrected chi connectivity index (χ3v) is 2.91. The van der Waals surface area contributed by atoms with Crippen LogP contribution in [0.15, 0.2) is 29.1 Å². The number of fused-ring (bicyclic) bond motifs is 1. The third-order valence-electron chi connectivity index (χ3n) is 2.91. The van der Waals surface area contributed by atoms with E-state index in [0.29, 0.717) is 23.3 Å². The predicted octanol–water partition coefficient (Wildman–Crippen LogP) is 2.26. The third kappa shape index (κ3) is 2.25. The first-order valence-electron chi connectivity index (χ1n) is 6.13. The van der Waals surface area contributed by atoms with E-state index in [4.69, 9.17) is 5.26 Å². The van der Waals surface area contributed by atoms with Gasteiger partial charge in [0.2, 0.25) is 0 Å². The van der Waals surface area contributed by atoms with Crippen LogP contribution in [0.3, 0.4) is 0 Å². The molecule has 0 bridgehead atoms. The van der Waals surface area contributed by atoms with Crippen molar-refractivity contribution in [2.75, 3.05) is 0 Å². The van der Waals surface area contributed by atoms with Crippen molar-refractivity contribution in [3.63, 3.8) is 0 Å². The van der Waals surface area contributed by atoms with Crippen LogP contribution in [0.4, 0.5) is 0 Å². The number of nitrogens with zero attached hydrogens (tertiary/aromatic N) is 3. The lowest BCUT2D eigenvalue weighted by Gasteiger charge is -2.10. The number of benzene rings is 1. The molecule has 0 aliphatic carbocycles. The first-order valence-corrected chi connectivity index (χ1v) is 6.13. The van der Waals surface area contributed by atoms with Gasteiger partial charge in [-0.25, -0.2) is 4.98 Å². The molecule has 0 aliphatic rings. The SMILES string of the molecule is CCCCn1c(CC#N)nc2ccccc2c1=O. The average Bonchev–Trinajstić information content (AvgIpc) is 2.39. The van der Waals surface area contributed by atoms with Gasteiger partial charge in [-0.2, -0.15) is 5.26 Å². The molecule has 2 aromatic rings. The number of hydrogen-bond acceptors (Lipinski definition) is 3. The van der Waals surface area contributed by atoms with Crippen LogP contribution in [0.1, 0.15) is 25.6 Å². The summed E-state index contributed by atoms with van der Waals surface area (Å²) < 4.78 is 1.63. The lowest BCUT2D eigenvalue weighted by atomic mass is 10.2. The first-order chi connectivity index (χ1) is 8.77. The fourth-order valence-electron chi connectivity index (χ4n) is 1.97. The van der Waals surface area contributed by atoms with Crippen LogP contribution in [0.2, 0.25) is 0 Å². The summed E-state index contributed by atoms with van der Waals surface area (Å²) in [7, 11) is 0. The largest absolute Gasteiger partial charge is 0.295 e. The van der Waals surface area contributed by atoms with Gasteiger partial charge in [0, 0.05) is 6.54 Å². The molecule has 0 fully saturated rings. The molecule has 0 saturated carbocycles. The molecule has 0 atom stereocenters. The monoisotopic (exact) mass is 241 g/mol. The second-order valence-electron chi connectivity index (χ2n) is 4.19. The van der Waals surface area contributed by atoms with Crippen LogP contribution in [0.25, 0.3) is 10.9 Å². The van der Waals surface area contributed by atoms with Gasteiger partial charge in [-0.15, -0.1) is 0 Å². The molecule has 4 heteroatoms. The molecular weight excluding hydrogens is 226 g/mol. The molecule has 92 valence electrons. The van der Waals surface area contributed by atoms with Crippen molar-refractivity contribution in [1.82, 2.24) is 9.55 Å². The van der Waals surface area contributed by atoms with E-state index in [9.17, 15) is 4.79 Å². The smallest absolute Gasteiger partial charge is 0.261 e. The molecule has 0 spiro atoms. The maximum Gasteiger partial charge on any atom is 0.261 e. The molecular formula is C14H15N3O. The van der Waals surface area contributed by atoms with Gasteiger partial charge in [0.1, 0.15) is 5.82 Å². The Bertz CT molecular complexity index is 652. The molecule has 1 aromatic carbocycles. The Morgan fingerprint density at radius 3 is 2.89 bits per heavy atom. The quantitative estimate of drug-likeness (QED) is 0.825. The zero-order valence-electron chi connectivity index (χ0n) is 10.4. The highest BCUT2D eigenvalue weighted by Gasteiger charge is 2.09. The van der Waals surface area contributed by atoms with Crippen LogP contribution in [0.5, 0.6) is 0 Å². The summed E-state index contributed by atoms with van der Waals surface area (Å²) >= 11 is 0. The Balaban J connectivity index is 2.64. The average molecular weight is 241 g/mol. The van der Waals surface area contributed by atoms with Gasteiger partial charge in [0.05, 0.1) is 23.4 Å². The van der Waals surface area contributed by atoms with Gasteiger partial charge >= 0.3 is 0 Å². The van der Waals surface area contributed by atoms with Crippen molar-refractivity contribution >= 4 is 10.9 Å². The molecule has 18 heavy (non-hydrogen) atoms. The Kier molecular flexibility index (Phi) is 3.73. The number of rotatable bonds is 4. The van der Waals surface area contributed by atoms with Gasteiger partial charge in [0.25, 0.3) is 5.56 Å². The fraction of sp³-hybridized carbons (Fsp3) is 0.357. The highest BCUT2D eigenvalue weighted by molar-refractivity contribution is 5.77. The highest BCUT2D eigenvalue weighted by atomic mass is 16.1. The topological polar surface area (TPSA) is 58.7 Å². The normalized spacial score (nSPS) is 10.4. The summed E-state index contributed by atoms with van der Waals surface area (Å²) in [4.78, 5) is 16.8. The van der Waals surface area contributed by atoms with Crippen molar-refractivity contribution in [3.8, 4) is 6.07 Å². The van der Waals surface area contributed by atoms with E-state index < -0.39 is 0 Å². The highest BCUT2D eigenvalue weighted by Crippen LogP contribution is 2.09. The van der Waals surface area contributed by atoms with Crippen LogP contribution < -0.4 is 5.56 Å². The zero-order chi connectivity index (χ0) is 13.0. The van der Waals surface area contributed by atoms with E-state index in [1.54, 1.807) is 10.6 Å². The van der Waals surface area contributed by atoms with Gasteiger partial charge < -0.3 is 0 Å². The summed E-state index contributed by atoms with van der Waals surface area (Å²) in [6, 6.07) is 9.34. The summed E-state index contributed by atoms with van der Waals surface area (Å²) in [5.41, 5.74) is 0.625. The maximum atomic E-state index is 12.3. The minimum absolute atomic E-state index is 0.0423.